The molecule has 1 nitrogen and oxygen atoms in total. The number of halogens is 1. The van der Waals surface area contributed by atoms with E-state index in [4.69, 9.17) is 11.6 Å². The molecule has 1 rings (SSSR count). The molecule has 0 heterocycles. The standard InChI is InChI=1S/C8H16ClN/c1-7(6-9)10-8-4-2-3-5-8/h7-8,10H,2-6H2,1H3. The number of hydrogen-bond donors (Lipinski definition) is 1. The van der Waals surface area contributed by atoms with E-state index in [2.05, 4.69) is 12.2 Å². The quantitative estimate of drug-likeness (QED) is 0.626. The summed E-state index contributed by atoms with van der Waals surface area (Å²) >= 11 is 5.67. The van der Waals surface area contributed by atoms with E-state index in [1.54, 1.807) is 0 Å². The van der Waals surface area contributed by atoms with E-state index in [-0.39, 0.29) is 0 Å². The maximum absolute atomic E-state index is 5.67. The first-order valence-electron chi connectivity index (χ1n) is 4.15. The molecule has 1 fully saturated rings. The fraction of sp³-hybridized carbons (Fsp3) is 1.00. The number of rotatable bonds is 3. The molecule has 1 aliphatic carbocycles. The predicted molar refractivity (Wildman–Crippen MR) is 45.6 cm³/mol. The van der Waals surface area contributed by atoms with Crippen LogP contribution in [0.15, 0.2) is 0 Å². The van der Waals surface area contributed by atoms with Crippen molar-refractivity contribution < 1.29 is 0 Å². The van der Waals surface area contributed by atoms with E-state index in [1.807, 2.05) is 0 Å². The summed E-state index contributed by atoms with van der Waals surface area (Å²) in [7, 11) is 0. The molecule has 0 radical (unpaired) electrons. The fourth-order valence-electron chi connectivity index (χ4n) is 1.54. The van der Waals surface area contributed by atoms with Crippen molar-refractivity contribution in [3.63, 3.8) is 0 Å². The first-order chi connectivity index (χ1) is 4.83. The highest BCUT2D eigenvalue weighted by molar-refractivity contribution is 6.18. The van der Waals surface area contributed by atoms with Crippen LogP contribution in [0, 0.1) is 0 Å². The first kappa shape index (κ1) is 8.35. The molecule has 0 spiro atoms. The molecule has 1 unspecified atom stereocenters. The third kappa shape index (κ3) is 2.47. The highest BCUT2D eigenvalue weighted by Gasteiger charge is 2.15. The summed E-state index contributed by atoms with van der Waals surface area (Å²) in [6.45, 7) is 2.14. The summed E-state index contributed by atoms with van der Waals surface area (Å²) in [6.07, 6.45) is 5.49. The molecule has 0 aromatic heterocycles. The molecule has 1 saturated carbocycles. The van der Waals surface area contributed by atoms with Crippen molar-refractivity contribution in [3.05, 3.63) is 0 Å². The molecule has 1 atom stereocenters. The van der Waals surface area contributed by atoms with Gasteiger partial charge in [-0.05, 0) is 19.8 Å². The van der Waals surface area contributed by atoms with Gasteiger partial charge in [-0.1, -0.05) is 12.8 Å². The van der Waals surface area contributed by atoms with Crippen molar-refractivity contribution in [2.75, 3.05) is 5.88 Å². The lowest BCUT2D eigenvalue weighted by Gasteiger charge is -2.16. The molecule has 0 aliphatic heterocycles. The smallest absolute Gasteiger partial charge is 0.0374 e. The summed E-state index contributed by atoms with van der Waals surface area (Å²) in [5, 5.41) is 3.50. The van der Waals surface area contributed by atoms with Gasteiger partial charge in [0.05, 0.1) is 0 Å². The molecule has 0 saturated heterocycles. The van der Waals surface area contributed by atoms with Crippen LogP contribution in [0.2, 0.25) is 0 Å². The Hall–Kier alpha value is 0.250. The minimum atomic E-state index is 0.491. The topological polar surface area (TPSA) is 12.0 Å². The Bertz CT molecular complexity index is 89.3. The zero-order valence-corrected chi connectivity index (χ0v) is 7.32. The van der Waals surface area contributed by atoms with Crippen molar-refractivity contribution in [1.82, 2.24) is 5.32 Å². The van der Waals surface area contributed by atoms with Crippen LogP contribution in [0.4, 0.5) is 0 Å². The molecular formula is C8H16ClN. The lowest BCUT2D eigenvalue weighted by molar-refractivity contribution is 0.474. The Balaban J connectivity index is 2.11. The van der Waals surface area contributed by atoms with E-state index >= 15 is 0 Å². The lowest BCUT2D eigenvalue weighted by atomic mass is 10.2. The molecule has 0 aromatic rings. The molecule has 2 heteroatoms. The Morgan fingerprint density at radius 1 is 1.50 bits per heavy atom. The van der Waals surface area contributed by atoms with Crippen molar-refractivity contribution in [2.24, 2.45) is 0 Å². The lowest BCUT2D eigenvalue weighted by Crippen LogP contribution is -2.35. The van der Waals surface area contributed by atoms with Gasteiger partial charge in [0.25, 0.3) is 0 Å². The Kier molecular flexibility index (Phi) is 3.50. The van der Waals surface area contributed by atoms with Crippen LogP contribution in [0.25, 0.3) is 0 Å². The third-order valence-electron chi connectivity index (χ3n) is 2.11. The van der Waals surface area contributed by atoms with Crippen molar-refractivity contribution in [1.29, 1.82) is 0 Å². The minimum absolute atomic E-state index is 0.491. The average Bonchev–Trinajstić information content (AvgIpc) is 2.40. The van der Waals surface area contributed by atoms with Crippen LogP contribution >= 0.6 is 11.6 Å². The van der Waals surface area contributed by atoms with Crippen molar-refractivity contribution in [3.8, 4) is 0 Å². The largest absolute Gasteiger partial charge is 0.310 e. The molecule has 0 aromatic carbocycles. The van der Waals surface area contributed by atoms with Gasteiger partial charge in [0.2, 0.25) is 0 Å². The van der Waals surface area contributed by atoms with Gasteiger partial charge >= 0.3 is 0 Å². The van der Waals surface area contributed by atoms with Gasteiger partial charge in [-0.15, -0.1) is 11.6 Å². The second kappa shape index (κ2) is 4.20. The van der Waals surface area contributed by atoms with Crippen molar-refractivity contribution in [2.45, 2.75) is 44.7 Å². The maximum atomic E-state index is 5.67. The highest BCUT2D eigenvalue weighted by Crippen LogP contribution is 2.17. The number of hydrogen-bond acceptors (Lipinski definition) is 1. The Morgan fingerprint density at radius 3 is 2.60 bits per heavy atom. The van der Waals surface area contributed by atoms with Crippen LogP contribution in [-0.2, 0) is 0 Å². The maximum Gasteiger partial charge on any atom is 0.0374 e. The monoisotopic (exact) mass is 161 g/mol. The molecule has 1 aliphatic rings. The summed E-state index contributed by atoms with van der Waals surface area (Å²) in [6, 6.07) is 1.25. The van der Waals surface area contributed by atoms with Gasteiger partial charge < -0.3 is 5.32 Å². The zero-order chi connectivity index (χ0) is 7.40. The minimum Gasteiger partial charge on any atom is -0.310 e. The van der Waals surface area contributed by atoms with E-state index in [0.29, 0.717) is 6.04 Å². The zero-order valence-electron chi connectivity index (χ0n) is 6.57. The van der Waals surface area contributed by atoms with E-state index in [1.165, 1.54) is 25.7 Å². The normalized spacial score (nSPS) is 23.4. The number of alkyl halides is 1. The average molecular weight is 162 g/mol. The number of nitrogens with one attached hydrogen (secondary N) is 1. The molecule has 0 amide bonds. The van der Waals surface area contributed by atoms with Crippen LogP contribution in [0.3, 0.4) is 0 Å². The van der Waals surface area contributed by atoms with Gasteiger partial charge in [0.1, 0.15) is 0 Å². The first-order valence-corrected chi connectivity index (χ1v) is 4.68. The molecule has 1 N–H and O–H groups in total. The molecule has 0 bridgehead atoms. The summed E-state index contributed by atoms with van der Waals surface area (Å²) in [4.78, 5) is 0. The highest BCUT2D eigenvalue weighted by atomic mass is 35.5. The molecular weight excluding hydrogens is 146 g/mol. The van der Waals surface area contributed by atoms with Crippen molar-refractivity contribution >= 4 is 11.6 Å². The van der Waals surface area contributed by atoms with Gasteiger partial charge in [-0.25, -0.2) is 0 Å². The molecule has 10 heavy (non-hydrogen) atoms. The van der Waals surface area contributed by atoms with Gasteiger partial charge in [0, 0.05) is 18.0 Å². The van der Waals surface area contributed by atoms with Crippen LogP contribution in [0.1, 0.15) is 32.6 Å². The van der Waals surface area contributed by atoms with Crippen LogP contribution in [0.5, 0.6) is 0 Å². The summed E-state index contributed by atoms with van der Waals surface area (Å²) in [5.41, 5.74) is 0. The van der Waals surface area contributed by atoms with Gasteiger partial charge in [-0.3, -0.25) is 0 Å². The predicted octanol–water partition coefficient (Wildman–Crippen LogP) is 2.15. The van der Waals surface area contributed by atoms with E-state index < -0.39 is 0 Å². The second-order valence-corrected chi connectivity index (χ2v) is 3.51. The van der Waals surface area contributed by atoms with E-state index in [9.17, 15) is 0 Å². The molecule has 60 valence electrons. The van der Waals surface area contributed by atoms with Crippen LogP contribution in [-0.4, -0.2) is 18.0 Å². The fourth-order valence-corrected chi connectivity index (χ4v) is 1.63. The third-order valence-corrected chi connectivity index (χ3v) is 2.57. The summed E-state index contributed by atoms with van der Waals surface area (Å²) in [5.74, 6) is 0.733. The van der Waals surface area contributed by atoms with Gasteiger partial charge in [-0.2, -0.15) is 0 Å². The van der Waals surface area contributed by atoms with Crippen LogP contribution < -0.4 is 5.32 Å². The second-order valence-electron chi connectivity index (χ2n) is 3.20. The Labute approximate surface area is 68.1 Å². The SMILES string of the molecule is CC(CCl)NC1CCCC1. The van der Waals surface area contributed by atoms with Gasteiger partial charge in [0.15, 0.2) is 0 Å². The summed E-state index contributed by atoms with van der Waals surface area (Å²) < 4.78 is 0. The Morgan fingerprint density at radius 2 is 2.10 bits per heavy atom. The van der Waals surface area contributed by atoms with E-state index in [0.717, 1.165) is 11.9 Å².